The average Bonchev–Trinajstić information content (AvgIpc) is 2.60. The molecule has 0 fully saturated rings. The van der Waals surface area contributed by atoms with E-state index in [2.05, 4.69) is 22.4 Å². The van der Waals surface area contributed by atoms with E-state index in [1.165, 1.54) is 0 Å². The highest BCUT2D eigenvalue weighted by Gasteiger charge is 2.16. The van der Waals surface area contributed by atoms with Crippen molar-refractivity contribution in [1.29, 1.82) is 0 Å². The van der Waals surface area contributed by atoms with Gasteiger partial charge in [-0.15, -0.1) is 0 Å². The van der Waals surface area contributed by atoms with Crippen LogP contribution in [0.5, 0.6) is 0 Å². The molecule has 0 saturated carbocycles. The van der Waals surface area contributed by atoms with Crippen LogP contribution in [0, 0.1) is 0 Å². The molecule has 1 aromatic heterocycles. The molecule has 0 spiro atoms. The summed E-state index contributed by atoms with van der Waals surface area (Å²) >= 11 is 0. The number of hydrogen-bond acceptors (Lipinski definition) is 4. The van der Waals surface area contributed by atoms with Gasteiger partial charge in [0, 0.05) is 13.1 Å². The second-order valence-corrected chi connectivity index (χ2v) is 4.27. The predicted octanol–water partition coefficient (Wildman–Crippen LogP) is 0.236. The number of hydrogen-bond donors (Lipinski definition) is 3. The maximum absolute atomic E-state index is 11.8. The monoisotopic (exact) mass is 239 g/mol. The van der Waals surface area contributed by atoms with Crippen LogP contribution in [0.15, 0.2) is 0 Å². The first kappa shape index (κ1) is 13.5. The number of carbonyl (C=O) groups is 1. The third-order valence-electron chi connectivity index (χ3n) is 2.44. The molecule has 4 N–H and O–H groups in total. The lowest BCUT2D eigenvalue weighted by molar-refractivity contribution is 0.0947. The molecule has 0 aliphatic heterocycles. The van der Waals surface area contributed by atoms with Gasteiger partial charge in [-0.2, -0.15) is 5.10 Å². The van der Waals surface area contributed by atoms with Crippen LogP contribution in [0.2, 0.25) is 0 Å². The van der Waals surface area contributed by atoms with Crippen LogP contribution >= 0.6 is 0 Å². The summed E-state index contributed by atoms with van der Waals surface area (Å²) in [4.78, 5) is 13.8. The van der Waals surface area contributed by atoms with E-state index in [0.717, 1.165) is 25.1 Å². The molecule has 0 aromatic carbocycles. The number of aromatic nitrogens is 2. The van der Waals surface area contributed by atoms with Gasteiger partial charge in [0.05, 0.1) is 11.4 Å². The second kappa shape index (κ2) is 6.24. The average molecular weight is 239 g/mol. The lowest BCUT2D eigenvalue weighted by atomic mass is 10.2. The first-order chi connectivity index (χ1) is 8.06. The van der Waals surface area contributed by atoms with E-state index in [1.807, 2.05) is 19.0 Å². The number of nitrogens with two attached hydrogens (primary N) is 1. The Hall–Kier alpha value is -1.56. The number of nitrogens with zero attached hydrogens (tertiary/aromatic N) is 2. The minimum Gasteiger partial charge on any atom is -0.395 e. The highest BCUT2D eigenvalue weighted by molar-refractivity contribution is 5.97. The summed E-state index contributed by atoms with van der Waals surface area (Å²) in [5, 5.41) is 9.55. The maximum atomic E-state index is 11.8. The van der Waals surface area contributed by atoms with Gasteiger partial charge in [0.2, 0.25) is 0 Å². The molecule has 1 rings (SSSR count). The SMILES string of the molecule is CCCc1[nH]nc(C(=O)NCCN(C)C)c1N. The first-order valence-electron chi connectivity index (χ1n) is 5.81. The number of likely N-dealkylation sites (N-methyl/N-ethyl adjacent to an activating group) is 1. The molecular weight excluding hydrogens is 218 g/mol. The third kappa shape index (κ3) is 3.74. The number of amides is 1. The van der Waals surface area contributed by atoms with E-state index in [0.29, 0.717) is 17.9 Å². The van der Waals surface area contributed by atoms with Crippen LogP contribution in [0.1, 0.15) is 29.5 Å². The zero-order valence-corrected chi connectivity index (χ0v) is 10.7. The molecule has 6 nitrogen and oxygen atoms in total. The number of aryl methyl sites for hydroxylation is 1. The van der Waals surface area contributed by atoms with Gasteiger partial charge in [-0.25, -0.2) is 0 Å². The Morgan fingerprint density at radius 2 is 2.24 bits per heavy atom. The van der Waals surface area contributed by atoms with Crippen molar-refractivity contribution >= 4 is 11.6 Å². The Morgan fingerprint density at radius 3 is 2.82 bits per heavy atom. The fourth-order valence-electron chi connectivity index (χ4n) is 1.48. The summed E-state index contributed by atoms with van der Waals surface area (Å²) in [6.45, 7) is 3.43. The van der Waals surface area contributed by atoms with Crippen molar-refractivity contribution < 1.29 is 4.79 Å². The van der Waals surface area contributed by atoms with Crippen LogP contribution in [0.4, 0.5) is 5.69 Å². The molecule has 17 heavy (non-hydrogen) atoms. The van der Waals surface area contributed by atoms with Crippen LogP contribution in [-0.4, -0.2) is 48.2 Å². The summed E-state index contributed by atoms with van der Waals surface area (Å²) in [7, 11) is 3.91. The molecule has 96 valence electrons. The minimum atomic E-state index is -0.219. The van der Waals surface area contributed by atoms with Crippen LogP contribution < -0.4 is 11.1 Å². The Morgan fingerprint density at radius 1 is 1.53 bits per heavy atom. The Kier molecular flexibility index (Phi) is 4.96. The van der Waals surface area contributed by atoms with Crippen molar-refractivity contribution in [1.82, 2.24) is 20.4 Å². The molecule has 0 aliphatic rings. The number of aromatic amines is 1. The number of rotatable bonds is 6. The number of anilines is 1. The fraction of sp³-hybridized carbons (Fsp3) is 0.636. The van der Waals surface area contributed by atoms with E-state index in [-0.39, 0.29) is 5.91 Å². The van der Waals surface area contributed by atoms with Gasteiger partial charge in [-0.05, 0) is 20.5 Å². The minimum absolute atomic E-state index is 0.219. The number of carbonyl (C=O) groups excluding carboxylic acids is 1. The molecule has 0 unspecified atom stereocenters. The standard InChI is InChI=1S/C11H21N5O/c1-4-5-8-9(12)10(15-14-8)11(17)13-6-7-16(2)3/h4-7,12H2,1-3H3,(H,13,17)(H,14,15). The van der Waals surface area contributed by atoms with Gasteiger partial charge < -0.3 is 16.0 Å². The third-order valence-corrected chi connectivity index (χ3v) is 2.44. The van der Waals surface area contributed by atoms with E-state index >= 15 is 0 Å². The van der Waals surface area contributed by atoms with Crippen molar-refractivity contribution in [2.75, 3.05) is 32.9 Å². The van der Waals surface area contributed by atoms with Crippen LogP contribution in [0.25, 0.3) is 0 Å². The molecule has 0 aliphatic carbocycles. The second-order valence-electron chi connectivity index (χ2n) is 4.27. The normalized spacial score (nSPS) is 10.8. The van der Waals surface area contributed by atoms with Crippen molar-refractivity contribution in [3.8, 4) is 0 Å². The van der Waals surface area contributed by atoms with E-state index in [1.54, 1.807) is 0 Å². The quantitative estimate of drug-likeness (QED) is 0.663. The van der Waals surface area contributed by atoms with E-state index in [4.69, 9.17) is 5.73 Å². The molecule has 1 heterocycles. The van der Waals surface area contributed by atoms with E-state index in [9.17, 15) is 4.79 Å². The Labute approximate surface area is 102 Å². The van der Waals surface area contributed by atoms with Crippen molar-refractivity contribution in [2.24, 2.45) is 0 Å². The summed E-state index contributed by atoms with van der Waals surface area (Å²) in [6, 6.07) is 0. The van der Waals surface area contributed by atoms with Crippen LogP contribution in [0.3, 0.4) is 0 Å². The highest BCUT2D eigenvalue weighted by Crippen LogP contribution is 2.15. The predicted molar refractivity (Wildman–Crippen MR) is 67.9 cm³/mol. The smallest absolute Gasteiger partial charge is 0.273 e. The van der Waals surface area contributed by atoms with E-state index < -0.39 is 0 Å². The van der Waals surface area contributed by atoms with Gasteiger partial charge in [0.25, 0.3) is 5.91 Å². The van der Waals surface area contributed by atoms with Gasteiger partial charge in [-0.1, -0.05) is 13.3 Å². The lowest BCUT2D eigenvalue weighted by Gasteiger charge is -2.09. The lowest BCUT2D eigenvalue weighted by Crippen LogP contribution is -2.31. The van der Waals surface area contributed by atoms with Crippen molar-refractivity contribution in [3.63, 3.8) is 0 Å². The maximum Gasteiger partial charge on any atom is 0.273 e. The topological polar surface area (TPSA) is 87.0 Å². The molecule has 0 bridgehead atoms. The van der Waals surface area contributed by atoms with Gasteiger partial charge >= 0.3 is 0 Å². The Bertz CT molecular complexity index is 372. The fourth-order valence-corrected chi connectivity index (χ4v) is 1.48. The summed E-state index contributed by atoms with van der Waals surface area (Å²) in [5.41, 5.74) is 7.46. The van der Waals surface area contributed by atoms with Gasteiger partial charge in [0.15, 0.2) is 5.69 Å². The number of H-pyrrole nitrogens is 1. The number of nitrogen functional groups attached to an aromatic ring is 1. The summed E-state index contributed by atoms with van der Waals surface area (Å²) in [5.74, 6) is -0.219. The molecule has 0 saturated heterocycles. The molecule has 6 heteroatoms. The first-order valence-corrected chi connectivity index (χ1v) is 5.81. The zero-order chi connectivity index (χ0) is 12.8. The molecule has 0 radical (unpaired) electrons. The summed E-state index contributed by atoms with van der Waals surface area (Å²) in [6.07, 6.45) is 1.78. The van der Waals surface area contributed by atoms with Gasteiger partial charge in [0.1, 0.15) is 0 Å². The Balaban J connectivity index is 2.57. The number of nitrogens with one attached hydrogen (secondary N) is 2. The van der Waals surface area contributed by atoms with Crippen molar-refractivity contribution in [2.45, 2.75) is 19.8 Å². The van der Waals surface area contributed by atoms with Gasteiger partial charge in [-0.3, -0.25) is 9.89 Å². The molecule has 1 aromatic rings. The highest BCUT2D eigenvalue weighted by atomic mass is 16.1. The van der Waals surface area contributed by atoms with Crippen LogP contribution in [-0.2, 0) is 6.42 Å². The largest absolute Gasteiger partial charge is 0.395 e. The zero-order valence-electron chi connectivity index (χ0n) is 10.7. The summed E-state index contributed by atoms with van der Waals surface area (Å²) < 4.78 is 0. The van der Waals surface area contributed by atoms with Crippen molar-refractivity contribution in [3.05, 3.63) is 11.4 Å². The molecule has 1 amide bonds. The molecular formula is C11H21N5O. The molecule has 0 atom stereocenters.